The summed E-state index contributed by atoms with van der Waals surface area (Å²) in [6.45, 7) is 3.09. The molecule has 19 heavy (non-hydrogen) atoms. The van der Waals surface area contributed by atoms with Crippen molar-refractivity contribution in [3.63, 3.8) is 0 Å². The van der Waals surface area contributed by atoms with Crippen molar-refractivity contribution in [2.24, 2.45) is 0 Å². The van der Waals surface area contributed by atoms with Crippen molar-refractivity contribution in [1.82, 2.24) is 10.3 Å². The lowest BCUT2D eigenvalue weighted by molar-refractivity contribution is 0.814. The summed E-state index contributed by atoms with van der Waals surface area (Å²) in [5.74, 6) is 0.947. The van der Waals surface area contributed by atoms with Crippen molar-refractivity contribution < 1.29 is 0 Å². The molecule has 2 rings (SSSR count). The normalized spacial score (nSPS) is 10.9. The number of aryl methyl sites for hydroxylation is 1. The van der Waals surface area contributed by atoms with Crippen LogP contribution in [0.1, 0.15) is 22.5 Å². The first-order valence-corrected chi connectivity index (χ1v) is 8.83. The van der Waals surface area contributed by atoms with Crippen LogP contribution in [-0.2, 0) is 18.7 Å². The summed E-state index contributed by atoms with van der Waals surface area (Å²) in [6.07, 6.45) is 1.01. The van der Waals surface area contributed by atoms with Gasteiger partial charge in [0.05, 0.1) is 11.4 Å². The molecule has 0 aliphatic heterocycles. The molecule has 5 heteroatoms. The Kier molecular flexibility index (Phi) is 5.88. The minimum Gasteiger partial charge on any atom is -0.315 e. The minimum atomic E-state index is 0.920. The second-order valence-corrected chi connectivity index (χ2v) is 7.24. The third-order valence-electron chi connectivity index (χ3n) is 2.67. The molecule has 1 aromatic carbocycles. The SMILES string of the molecule is CCc1nc(CSc2ccc(Br)cc2)sc1CNC. The Morgan fingerprint density at radius 1 is 1.32 bits per heavy atom. The first-order valence-electron chi connectivity index (χ1n) is 6.23. The third-order valence-corrected chi connectivity index (χ3v) is 5.50. The highest BCUT2D eigenvalue weighted by Gasteiger charge is 2.09. The van der Waals surface area contributed by atoms with Crippen LogP contribution in [0.3, 0.4) is 0 Å². The van der Waals surface area contributed by atoms with E-state index in [0.29, 0.717) is 0 Å². The van der Waals surface area contributed by atoms with E-state index in [1.807, 2.05) is 30.1 Å². The molecule has 0 radical (unpaired) electrons. The van der Waals surface area contributed by atoms with Crippen LogP contribution in [0.4, 0.5) is 0 Å². The lowest BCUT2D eigenvalue weighted by Crippen LogP contribution is -2.05. The molecular formula is C14H17BrN2S2. The minimum absolute atomic E-state index is 0.920. The highest BCUT2D eigenvalue weighted by Crippen LogP contribution is 2.28. The number of benzene rings is 1. The molecule has 0 atom stereocenters. The van der Waals surface area contributed by atoms with Gasteiger partial charge in [0, 0.05) is 20.8 Å². The van der Waals surface area contributed by atoms with Crippen molar-refractivity contribution in [3.05, 3.63) is 44.3 Å². The number of thiazole rings is 1. The van der Waals surface area contributed by atoms with Gasteiger partial charge in [-0.15, -0.1) is 23.1 Å². The summed E-state index contributed by atoms with van der Waals surface area (Å²) >= 11 is 7.12. The fourth-order valence-electron chi connectivity index (χ4n) is 1.75. The Morgan fingerprint density at radius 3 is 2.68 bits per heavy atom. The number of nitrogens with one attached hydrogen (secondary N) is 1. The van der Waals surface area contributed by atoms with Crippen molar-refractivity contribution >= 4 is 39.0 Å². The van der Waals surface area contributed by atoms with Crippen LogP contribution >= 0.6 is 39.0 Å². The van der Waals surface area contributed by atoms with Gasteiger partial charge in [-0.25, -0.2) is 4.98 Å². The summed E-state index contributed by atoms with van der Waals surface area (Å²) in [5.41, 5.74) is 1.24. The van der Waals surface area contributed by atoms with E-state index in [1.54, 1.807) is 0 Å². The highest BCUT2D eigenvalue weighted by atomic mass is 79.9. The first-order chi connectivity index (χ1) is 9.22. The standard InChI is InChI=1S/C14H17BrN2S2/c1-3-12-13(8-16-2)19-14(17-12)9-18-11-6-4-10(15)5-7-11/h4-7,16H,3,8-9H2,1-2H3. The predicted octanol–water partition coefficient (Wildman–Crippen LogP) is 4.48. The largest absolute Gasteiger partial charge is 0.315 e. The molecule has 0 amide bonds. The van der Waals surface area contributed by atoms with E-state index in [-0.39, 0.29) is 0 Å². The number of nitrogens with zero attached hydrogens (tertiary/aromatic N) is 1. The van der Waals surface area contributed by atoms with E-state index in [1.165, 1.54) is 20.5 Å². The average molecular weight is 357 g/mol. The Balaban J connectivity index is 2.01. The zero-order chi connectivity index (χ0) is 13.7. The number of halogens is 1. The van der Waals surface area contributed by atoms with Crippen LogP contribution in [0, 0.1) is 0 Å². The topological polar surface area (TPSA) is 24.9 Å². The van der Waals surface area contributed by atoms with Crippen LogP contribution in [-0.4, -0.2) is 12.0 Å². The predicted molar refractivity (Wildman–Crippen MR) is 88.0 cm³/mol. The number of hydrogen-bond donors (Lipinski definition) is 1. The Labute approximate surface area is 131 Å². The van der Waals surface area contributed by atoms with Crippen LogP contribution in [0.25, 0.3) is 0 Å². The molecule has 0 saturated carbocycles. The fraction of sp³-hybridized carbons (Fsp3) is 0.357. The van der Waals surface area contributed by atoms with E-state index in [4.69, 9.17) is 4.98 Å². The zero-order valence-corrected chi connectivity index (χ0v) is 14.3. The van der Waals surface area contributed by atoms with Gasteiger partial charge in [-0.3, -0.25) is 0 Å². The van der Waals surface area contributed by atoms with Gasteiger partial charge in [0.25, 0.3) is 0 Å². The van der Waals surface area contributed by atoms with Crippen LogP contribution < -0.4 is 5.32 Å². The van der Waals surface area contributed by atoms with Gasteiger partial charge in [-0.05, 0) is 37.7 Å². The third kappa shape index (κ3) is 4.31. The van der Waals surface area contributed by atoms with Gasteiger partial charge >= 0.3 is 0 Å². The zero-order valence-electron chi connectivity index (χ0n) is 11.1. The molecule has 0 saturated heterocycles. The Bertz CT molecular complexity index is 523. The number of hydrogen-bond acceptors (Lipinski definition) is 4. The first kappa shape index (κ1) is 15.0. The molecule has 0 unspecified atom stereocenters. The summed E-state index contributed by atoms with van der Waals surface area (Å²) in [4.78, 5) is 7.38. The average Bonchev–Trinajstić information content (AvgIpc) is 2.81. The molecule has 2 aromatic rings. The molecular weight excluding hydrogens is 340 g/mol. The number of aromatic nitrogens is 1. The van der Waals surface area contributed by atoms with Gasteiger partial charge < -0.3 is 5.32 Å². The van der Waals surface area contributed by atoms with E-state index in [0.717, 1.165) is 23.2 Å². The molecule has 0 aliphatic carbocycles. The van der Waals surface area contributed by atoms with Crippen LogP contribution in [0.2, 0.25) is 0 Å². The molecule has 1 heterocycles. The molecule has 0 bridgehead atoms. The van der Waals surface area contributed by atoms with E-state index in [2.05, 4.69) is 52.4 Å². The molecule has 0 spiro atoms. The van der Waals surface area contributed by atoms with Crippen molar-refractivity contribution in [2.45, 2.75) is 30.5 Å². The monoisotopic (exact) mass is 356 g/mol. The molecule has 102 valence electrons. The maximum Gasteiger partial charge on any atom is 0.103 e. The summed E-state index contributed by atoms with van der Waals surface area (Å²) in [7, 11) is 1.98. The van der Waals surface area contributed by atoms with Crippen molar-refractivity contribution in [3.8, 4) is 0 Å². The Hall–Kier alpha value is -0.360. The molecule has 1 aromatic heterocycles. The quantitative estimate of drug-likeness (QED) is 0.772. The lowest BCUT2D eigenvalue weighted by atomic mass is 10.3. The summed E-state index contributed by atoms with van der Waals surface area (Å²) < 4.78 is 1.12. The Morgan fingerprint density at radius 2 is 2.05 bits per heavy atom. The smallest absolute Gasteiger partial charge is 0.103 e. The molecule has 0 aliphatic rings. The second-order valence-electron chi connectivity index (χ2n) is 4.10. The summed E-state index contributed by atoms with van der Waals surface area (Å²) in [5, 5.41) is 4.43. The maximum absolute atomic E-state index is 4.73. The maximum atomic E-state index is 4.73. The van der Waals surface area contributed by atoms with Gasteiger partial charge in [0.2, 0.25) is 0 Å². The van der Waals surface area contributed by atoms with Gasteiger partial charge in [0.1, 0.15) is 5.01 Å². The molecule has 2 nitrogen and oxygen atoms in total. The van der Waals surface area contributed by atoms with Crippen LogP contribution in [0.5, 0.6) is 0 Å². The van der Waals surface area contributed by atoms with E-state index < -0.39 is 0 Å². The number of rotatable bonds is 6. The van der Waals surface area contributed by atoms with Gasteiger partial charge in [-0.1, -0.05) is 22.9 Å². The second kappa shape index (κ2) is 7.43. The van der Waals surface area contributed by atoms with E-state index >= 15 is 0 Å². The lowest BCUT2D eigenvalue weighted by Gasteiger charge is -1.99. The summed E-state index contributed by atoms with van der Waals surface area (Å²) in [6, 6.07) is 8.43. The van der Waals surface area contributed by atoms with Gasteiger partial charge in [0.15, 0.2) is 0 Å². The van der Waals surface area contributed by atoms with Crippen molar-refractivity contribution in [1.29, 1.82) is 0 Å². The van der Waals surface area contributed by atoms with E-state index in [9.17, 15) is 0 Å². The fourth-order valence-corrected chi connectivity index (χ4v) is 4.07. The number of thioether (sulfide) groups is 1. The van der Waals surface area contributed by atoms with Crippen molar-refractivity contribution in [2.75, 3.05) is 7.05 Å². The van der Waals surface area contributed by atoms with Gasteiger partial charge in [-0.2, -0.15) is 0 Å². The highest BCUT2D eigenvalue weighted by molar-refractivity contribution is 9.10. The van der Waals surface area contributed by atoms with Crippen LogP contribution in [0.15, 0.2) is 33.6 Å². The molecule has 1 N–H and O–H groups in total. The molecule has 0 fully saturated rings.